The first-order valence-electron chi connectivity index (χ1n) is 5.00. The first kappa shape index (κ1) is 10.1. The van der Waals surface area contributed by atoms with Crippen molar-refractivity contribution in [3.8, 4) is 0 Å². The number of thiazole rings is 1. The van der Waals surface area contributed by atoms with Crippen molar-refractivity contribution in [2.45, 2.75) is 19.3 Å². The highest BCUT2D eigenvalue weighted by Gasteiger charge is 2.31. The van der Waals surface area contributed by atoms with E-state index in [2.05, 4.69) is 4.98 Å². The van der Waals surface area contributed by atoms with E-state index in [1.807, 2.05) is 11.7 Å². The van der Waals surface area contributed by atoms with Crippen LogP contribution in [-0.4, -0.2) is 24.7 Å². The lowest BCUT2D eigenvalue weighted by molar-refractivity contribution is 0.0195. The molecular formula is C10H16N2OS. The highest BCUT2D eigenvalue weighted by atomic mass is 32.1. The largest absolute Gasteiger partial charge is 0.381 e. The molecule has 0 radical (unpaired) electrons. The summed E-state index contributed by atoms with van der Waals surface area (Å²) in [6.07, 6.45) is 5.19. The van der Waals surface area contributed by atoms with Crippen molar-refractivity contribution >= 4 is 11.3 Å². The van der Waals surface area contributed by atoms with Crippen LogP contribution in [-0.2, 0) is 11.2 Å². The summed E-state index contributed by atoms with van der Waals surface area (Å²) in [6.45, 7) is 2.47. The molecular weight excluding hydrogens is 196 g/mol. The second-order valence-electron chi connectivity index (χ2n) is 3.96. The lowest BCUT2D eigenvalue weighted by Gasteiger charge is -2.35. The van der Waals surface area contributed by atoms with Gasteiger partial charge in [0.2, 0.25) is 0 Å². The molecule has 1 aromatic rings. The van der Waals surface area contributed by atoms with Gasteiger partial charge in [-0.15, -0.1) is 11.3 Å². The minimum absolute atomic E-state index is 0.269. The Bertz CT molecular complexity index is 268. The highest BCUT2D eigenvalue weighted by molar-refractivity contribution is 7.09. The van der Waals surface area contributed by atoms with Crippen LogP contribution in [0.3, 0.4) is 0 Å². The summed E-state index contributed by atoms with van der Waals surface area (Å²) in [5.41, 5.74) is 8.04. The number of hydrogen-bond acceptors (Lipinski definition) is 4. The van der Waals surface area contributed by atoms with E-state index in [9.17, 15) is 0 Å². The van der Waals surface area contributed by atoms with Crippen molar-refractivity contribution < 1.29 is 4.74 Å². The van der Waals surface area contributed by atoms with Gasteiger partial charge in [0.25, 0.3) is 0 Å². The van der Waals surface area contributed by atoms with Crippen LogP contribution in [0.4, 0.5) is 0 Å². The number of hydrogen-bond donors (Lipinski definition) is 1. The van der Waals surface area contributed by atoms with Crippen molar-refractivity contribution in [1.29, 1.82) is 0 Å². The maximum absolute atomic E-state index is 5.88. The fourth-order valence-electron chi connectivity index (χ4n) is 1.96. The van der Waals surface area contributed by atoms with Crippen molar-refractivity contribution in [3.63, 3.8) is 0 Å². The molecule has 78 valence electrons. The minimum Gasteiger partial charge on any atom is -0.381 e. The second-order valence-corrected chi connectivity index (χ2v) is 4.93. The predicted octanol–water partition coefficient (Wildman–Crippen LogP) is 1.44. The van der Waals surface area contributed by atoms with E-state index in [4.69, 9.17) is 10.5 Å². The SMILES string of the molecule is NCC1(Cc2cncs2)CCOCC1. The molecule has 2 heterocycles. The molecule has 4 heteroatoms. The Morgan fingerprint density at radius 2 is 2.29 bits per heavy atom. The lowest BCUT2D eigenvalue weighted by atomic mass is 9.77. The molecule has 0 aliphatic carbocycles. The van der Waals surface area contributed by atoms with Crippen molar-refractivity contribution in [2.75, 3.05) is 19.8 Å². The molecule has 3 nitrogen and oxygen atoms in total. The zero-order valence-corrected chi connectivity index (χ0v) is 9.05. The predicted molar refractivity (Wildman–Crippen MR) is 57.4 cm³/mol. The first-order valence-corrected chi connectivity index (χ1v) is 5.88. The number of nitrogens with zero attached hydrogens (tertiary/aromatic N) is 1. The summed E-state index contributed by atoms with van der Waals surface area (Å²) < 4.78 is 5.38. The summed E-state index contributed by atoms with van der Waals surface area (Å²) in [4.78, 5) is 5.44. The van der Waals surface area contributed by atoms with Crippen LogP contribution in [0.2, 0.25) is 0 Å². The van der Waals surface area contributed by atoms with Gasteiger partial charge in [0.1, 0.15) is 0 Å². The summed E-state index contributed by atoms with van der Waals surface area (Å²) in [6, 6.07) is 0. The monoisotopic (exact) mass is 212 g/mol. The van der Waals surface area contributed by atoms with E-state index in [0.29, 0.717) is 0 Å². The fraction of sp³-hybridized carbons (Fsp3) is 0.700. The average Bonchev–Trinajstić information content (AvgIpc) is 2.72. The fourth-order valence-corrected chi connectivity index (χ4v) is 2.72. The molecule has 14 heavy (non-hydrogen) atoms. The Morgan fingerprint density at radius 1 is 1.50 bits per heavy atom. The maximum Gasteiger partial charge on any atom is 0.0794 e. The van der Waals surface area contributed by atoms with Gasteiger partial charge < -0.3 is 10.5 Å². The Labute approximate surface area is 88.3 Å². The Kier molecular flexibility index (Phi) is 3.15. The van der Waals surface area contributed by atoms with Crippen LogP contribution in [0.1, 0.15) is 17.7 Å². The van der Waals surface area contributed by atoms with Gasteiger partial charge in [0.05, 0.1) is 5.51 Å². The van der Waals surface area contributed by atoms with Crippen LogP contribution in [0.25, 0.3) is 0 Å². The Hall–Kier alpha value is -0.450. The minimum atomic E-state index is 0.269. The molecule has 0 bridgehead atoms. The van der Waals surface area contributed by atoms with Crippen LogP contribution < -0.4 is 5.73 Å². The molecule has 2 N–H and O–H groups in total. The number of nitrogens with two attached hydrogens (primary N) is 1. The van der Waals surface area contributed by atoms with Gasteiger partial charge in [-0.25, -0.2) is 0 Å². The van der Waals surface area contributed by atoms with Crippen molar-refractivity contribution in [2.24, 2.45) is 11.1 Å². The van der Waals surface area contributed by atoms with Crippen molar-refractivity contribution in [3.05, 3.63) is 16.6 Å². The van der Waals surface area contributed by atoms with Gasteiger partial charge in [-0.1, -0.05) is 0 Å². The third kappa shape index (κ3) is 2.13. The van der Waals surface area contributed by atoms with E-state index in [-0.39, 0.29) is 5.41 Å². The quantitative estimate of drug-likeness (QED) is 0.824. The third-order valence-electron chi connectivity index (χ3n) is 3.02. The molecule has 0 amide bonds. The topological polar surface area (TPSA) is 48.1 Å². The molecule has 2 rings (SSSR count). The van der Waals surface area contributed by atoms with Gasteiger partial charge in [-0.3, -0.25) is 4.98 Å². The van der Waals surface area contributed by atoms with Crippen LogP contribution in [0.5, 0.6) is 0 Å². The van der Waals surface area contributed by atoms with Crippen LogP contribution >= 0.6 is 11.3 Å². The summed E-state index contributed by atoms with van der Waals surface area (Å²) in [5.74, 6) is 0. The van der Waals surface area contributed by atoms with E-state index in [0.717, 1.165) is 39.0 Å². The Morgan fingerprint density at radius 3 is 2.86 bits per heavy atom. The molecule has 1 aliphatic heterocycles. The van der Waals surface area contributed by atoms with E-state index >= 15 is 0 Å². The number of ether oxygens (including phenoxy) is 1. The standard InChI is InChI=1S/C10H16N2OS/c11-7-10(1-3-13-4-2-10)5-9-6-12-8-14-9/h6,8H,1-5,7,11H2. The summed E-state index contributed by atoms with van der Waals surface area (Å²) in [5, 5.41) is 0. The van der Waals surface area contributed by atoms with Crippen molar-refractivity contribution in [1.82, 2.24) is 4.98 Å². The van der Waals surface area contributed by atoms with E-state index in [1.165, 1.54) is 4.88 Å². The molecule has 0 spiro atoms. The Balaban J connectivity index is 2.04. The van der Waals surface area contributed by atoms with E-state index < -0.39 is 0 Å². The zero-order chi connectivity index (χ0) is 9.86. The molecule has 1 fully saturated rings. The highest BCUT2D eigenvalue weighted by Crippen LogP contribution is 2.33. The number of aromatic nitrogens is 1. The number of rotatable bonds is 3. The van der Waals surface area contributed by atoms with Gasteiger partial charge in [-0.2, -0.15) is 0 Å². The first-order chi connectivity index (χ1) is 6.85. The van der Waals surface area contributed by atoms with Crippen LogP contribution in [0.15, 0.2) is 11.7 Å². The molecule has 1 saturated heterocycles. The van der Waals surface area contributed by atoms with E-state index in [1.54, 1.807) is 11.3 Å². The second kappa shape index (κ2) is 4.38. The van der Waals surface area contributed by atoms with Gasteiger partial charge in [0, 0.05) is 24.3 Å². The molecule has 1 aliphatic rings. The smallest absolute Gasteiger partial charge is 0.0794 e. The molecule has 0 unspecified atom stereocenters. The summed E-state index contributed by atoms with van der Waals surface area (Å²) >= 11 is 1.72. The molecule has 0 saturated carbocycles. The zero-order valence-electron chi connectivity index (χ0n) is 8.24. The van der Waals surface area contributed by atoms with Gasteiger partial charge in [-0.05, 0) is 31.2 Å². The van der Waals surface area contributed by atoms with Gasteiger partial charge in [0.15, 0.2) is 0 Å². The summed E-state index contributed by atoms with van der Waals surface area (Å²) in [7, 11) is 0. The normalized spacial score (nSPS) is 20.9. The maximum atomic E-state index is 5.88. The molecule has 1 aromatic heterocycles. The van der Waals surface area contributed by atoms with Gasteiger partial charge >= 0.3 is 0 Å². The third-order valence-corrected chi connectivity index (χ3v) is 3.80. The molecule has 0 aromatic carbocycles. The lowest BCUT2D eigenvalue weighted by Crippen LogP contribution is -2.38. The average molecular weight is 212 g/mol. The molecule has 0 atom stereocenters. The van der Waals surface area contributed by atoms with Crippen LogP contribution in [0, 0.1) is 5.41 Å².